The second kappa shape index (κ2) is 7.87. The average molecular weight is 367 g/mol. The van der Waals surface area contributed by atoms with Gasteiger partial charge in [0, 0.05) is 0 Å². The van der Waals surface area contributed by atoms with Crippen LogP contribution in [0.5, 0.6) is 0 Å². The molecule has 1 aromatic carbocycles. The molecule has 1 rings (SSSR count). The highest BCUT2D eigenvalue weighted by atomic mass is 32.2. The van der Waals surface area contributed by atoms with Crippen molar-refractivity contribution in [3.8, 4) is 0 Å². The van der Waals surface area contributed by atoms with Crippen molar-refractivity contribution in [2.24, 2.45) is 0 Å². The molecule has 0 saturated carbocycles. The van der Waals surface area contributed by atoms with E-state index in [1.165, 1.54) is 13.8 Å². The van der Waals surface area contributed by atoms with E-state index in [0.717, 1.165) is 12.5 Å². The first-order chi connectivity index (χ1) is 11.0. The van der Waals surface area contributed by atoms with Gasteiger partial charge in [0.15, 0.2) is 0 Å². The summed E-state index contributed by atoms with van der Waals surface area (Å²) in [6, 6.07) is 2.22. The van der Waals surface area contributed by atoms with Crippen LogP contribution in [0.15, 0.2) is 18.2 Å². The first kappa shape index (κ1) is 20.3. The van der Waals surface area contributed by atoms with Crippen LogP contribution in [0.1, 0.15) is 49.5 Å². The molecule has 0 aliphatic carbocycles. The molecule has 0 radical (unpaired) electrons. The molecule has 1 N–H and O–H groups in total. The zero-order valence-corrected chi connectivity index (χ0v) is 14.4. The van der Waals surface area contributed by atoms with Crippen molar-refractivity contribution in [1.82, 2.24) is 0 Å². The minimum atomic E-state index is -4.66. The fraction of sp³-hybridized carbons (Fsp3) is 0.533. The van der Waals surface area contributed by atoms with Crippen LogP contribution in [-0.4, -0.2) is 26.2 Å². The molecule has 9 heteroatoms. The van der Waals surface area contributed by atoms with Gasteiger partial charge in [-0.3, -0.25) is 4.72 Å². The van der Waals surface area contributed by atoms with Gasteiger partial charge in [0.25, 0.3) is 0 Å². The Labute approximate surface area is 139 Å². The quantitative estimate of drug-likeness (QED) is 0.587. The fourth-order valence-corrected chi connectivity index (χ4v) is 2.35. The molecule has 0 heterocycles. The molecule has 0 aliphatic heterocycles. The molecule has 136 valence electrons. The van der Waals surface area contributed by atoms with Crippen LogP contribution >= 0.6 is 0 Å². The SMILES string of the molecule is CCCCOC(=O)c1ccc(C(F)(F)F)cc1NS(=O)(=O)C(C)C. The van der Waals surface area contributed by atoms with Crippen LogP contribution in [0.25, 0.3) is 0 Å². The number of nitrogens with one attached hydrogen (secondary N) is 1. The predicted octanol–water partition coefficient (Wildman–Crippen LogP) is 3.81. The van der Waals surface area contributed by atoms with Gasteiger partial charge in [-0.2, -0.15) is 13.2 Å². The Morgan fingerprint density at radius 1 is 1.29 bits per heavy atom. The van der Waals surface area contributed by atoms with E-state index in [1.54, 1.807) is 0 Å². The molecule has 0 amide bonds. The minimum absolute atomic E-state index is 0.104. The van der Waals surface area contributed by atoms with Gasteiger partial charge in [-0.25, -0.2) is 13.2 Å². The Morgan fingerprint density at radius 2 is 1.92 bits per heavy atom. The normalized spacial score (nSPS) is 12.3. The number of anilines is 1. The summed E-state index contributed by atoms with van der Waals surface area (Å²) in [5.41, 5.74) is -1.77. The second-order valence-electron chi connectivity index (χ2n) is 5.44. The summed E-state index contributed by atoms with van der Waals surface area (Å²) >= 11 is 0. The van der Waals surface area contributed by atoms with E-state index >= 15 is 0 Å². The Bertz CT molecular complexity index is 684. The summed E-state index contributed by atoms with van der Waals surface area (Å²) in [7, 11) is -3.92. The monoisotopic (exact) mass is 367 g/mol. The minimum Gasteiger partial charge on any atom is -0.462 e. The first-order valence-electron chi connectivity index (χ1n) is 7.39. The highest BCUT2D eigenvalue weighted by Gasteiger charge is 2.32. The summed E-state index contributed by atoms with van der Waals surface area (Å²) in [5.74, 6) is -0.876. The number of ether oxygens (including phenoxy) is 1. The third kappa shape index (κ3) is 5.40. The zero-order chi connectivity index (χ0) is 18.5. The maximum Gasteiger partial charge on any atom is 0.416 e. The molecular formula is C15H20F3NO4S. The number of unbranched alkanes of at least 4 members (excludes halogenated alkanes) is 1. The van der Waals surface area contributed by atoms with Gasteiger partial charge in [0.1, 0.15) is 0 Å². The van der Waals surface area contributed by atoms with Gasteiger partial charge in [-0.05, 0) is 38.5 Å². The molecule has 0 fully saturated rings. The topological polar surface area (TPSA) is 72.5 Å². The maximum absolute atomic E-state index is 12.8. The molecule has 1 aromatic rings. The van der Waals surface area contributed by atoms with E-state index in [9.17, 15) is 26.4 Å². The number of alkyl halides is 3. The zero-order valence-electron chi connectivity index (χ0n) is 13.6. The summed E-state index contributed by atoms with van der Waals surface area (Å²) in [4.78, 5) is 12.0. The van der Waals surface area contributed by atoms with Crippen molar-refractivity contribution in [3.63, 3.8) is 0 Å². The molecule has 0 unspecified atom stereocenters. The van der Waals surface area contributed by atoms with Crippen molar-refractivity contribution < 1.29 is 31.1 Å². The molecule has 0 aromatic heterocycles. The van der Waals surface area contributed by atoms with Crippen LogP contribution in [0.3, 0.4) is 0 Å². The number of carbonyl (C=O) groups is 1. The number of hydrogen-bond acceptors (Lipinski definition) is 4. The lowest BCUT2D eigenvalue weighted by atomic mass is 10.1. The van der Waals surface area contributed by atoms with Crippen LogP contribution in [-0.2, 0) is 20.9 Å². The number of esters is 1. The van der Waals surface area contributed by atoms with Crippen molar-refractivity contribution in [2.75, 3.05) is 11.3 Å². The second-order valence-corrected chi connectivity index (χ2v) is 7.68. The van der Waals surface area contributed by atoms with E-state index in [1.807, 2.05) is 11.6 Å². The number of carbonyl (C=O) groups excluding carboxylic acids is 1. The van der Waals surface area contributed by atoms with Crippen LogP contribution in [0, 0.1) is 0 Å². The van der Waals surface area contributed by atoms with E-state index in [2.05, 4.69) is 0 Å². The van der Waals surface area contributed by atoms with Gasteiger partial charge < -0.3 is 4.74 Å². The highest BCUT2D eigenvalue weighted by Crippen LogP contribution is 2.33. The Morgan fingerprint density at radius 3 is 2.42 bits per heavy atom. The number of rotatable bonds is 7. The highest BCUT2D eigenvalue weighted by molar-refractivity contribution is 7.93. The van der Waals surface area contributed by atoms with E-state index in [4.69, 9.17) is 4.74 Å². The lowest BCUT2D eigenvalue weighted by molar-refractivity contribution is -0.137. The van der Waals surface area contributed by atoms with Crippen molar-refractivity contribution in [3.05, 3.63) is 29.3 Å². The predicted molar refractivity (Wildman–Crippen MR) is 84.3 cm³/mol. The number of benzene rings is 1. The van der Waals surface area contributed by atoms with Crippen LogP contribution in [0.2, 0.25) is 0 Å². The van der Waals surface area contributed by atoms with Crippen LogP contribution < -0.4 is 4.72 Å². The van der Waals surface area contributed by atoms with Gasteiger partial charge >= 0.3 is 12.1 Å². The van der Waals surface area contributed by atoms with Crippen LogP contribution in [0.4, 0.5) is 18.9 Å². The Balaban J connectivity index is 3.25. The van der Waals surface area contributed by atoms with Gasteiger partial charge in [-0.1, -0.05) is 13.3 Å². The molecular weight excluding hydrogens is 347 g/mol. The van der Waals surface area contributed by atoms with Crippen molar-refractivity contribution in [2.45, 2.75) is 45.0 Å². The molecule has 0 spiro atoms. The number of halogens is 3. The Kier molecular flexibility index (Phi) is 6.65. The molecule has 5 nitrogen and oxygen atoms in total. The fourth-order valence-electron chi connectivity index (χ4n) is 1.64. The largest absolute Gasteiger partial charge is 0.462 e. The van der Waals surface area contributed by atoms with Gasteiger partial charge in [0.2, 0.25) is 10.0 Å². The van der Waals surface area contributed by atoms with E-state index in [0.29, 0.717) is 18.6 Å². The number of sulfonamides is 1. The lowest BCUT2D eigenvalue weighted by Gasteiger charge is -2.16. The van der Waals surface area contributed by atoms with E-state index < -0.39 is 38.7 Å². The average Bonchev–Trinajstić information content (AvgIpc) is 2.45. The Hall–Kier alpha value is -1.77. The van der Waals surface area contributed by atoms with Gasteiger partial charge in [-0.15, -0.1) is 0 Å². The molecule has 24 heavy (non-hydrogen) atoms. The third-order valence-corrected chi connectivity index (χ3v) is 4.92. The molecule has 0 aliphatic rings. The van der Waals surface area contributed by atoms with E-state index in [-0.39, 0.29) is 12.2 Å². The third-order valence-electron chi connectivity index (χ3n) is 3.17. The standard InChI is InChI=1S/C15H20F3NO4S/c1-4-5-8-23-14(20)12-7-6-11(15(16,17)18)9-13(12)19-24(21,22)10(2)3/h6-7,9-10,19H,4-5,8H2,1-3H3. The van der Waals surface area contributed by atoms with Crippen molar-refractivity contribution in [1.29, 1.82) is 0 Å². The summed E-state index contributed by atoms with van der Waals surface area (Å²) in [5, 5.41) is -0.879. The first-order valence-corrected chi connectivity index (χ1v) is 8.93. The lowest BCUT2D eigenvalue weighted by Crippen LogP contribution is -2.24. The summed E-state index contributed by atoms with van der Waals surface area (Å²) in [6.45, 7) is 4.73. The smallest absolute Gasteiger partial charge is 0.416 e. The molecule has 0 bridgehead atoms. The number of hydrogen-bond donors (Lipinski definition) is 1. The molecule has 0 atom stereocenters. The maximum atomic E-state index is 12.8. The van der Waals surface area contributed by atoms with Gasteiger partial charge in [0.05, 0.1) is 28.7 Å². The summed E-state index contributed by atoms with van der Waals surface area (Å²) in [6.07, 6.45) is -3.30. The molecule has 0 saturated heterocycles. The summed E-state index contributed by atoms with van der Waals surface area (Å²) < 4.78 is 69.4. The van der Waals surface area contributed by atoms with Crippen molar-refractivity contribution >= 4 is 21.7 Å².